The SMILES string of the molecule is CS(=O)(=O)N1CC[C@@H](c2ccnc(N)n2)C1. The topological polar surface area (TPSA) is 89.2 Å². The molecular formula is C9H14N4O2S. The van der Waals surface area contributed by atoms with Crippen molar-refractivity contribution in [1.29, 1.82) is 0 Å². The lowest BCUT2D eigenvalue weighted by atomic mass is 10.1. The molecule has 0 aliphatic carbocycles. The van der Waals surface area contributed by atoms with Crippen molar-refractivity contribution in [2.45, 2.75) is 12.3 Å². The Kier molecular flexibility index (Phi) is 2.81. The molecule has 0 radical (unpaired) electrons. The molecule has 0 aromatic carbocycles. The summed E-state index contributed by atoms with van der Waals surface area (Å²) < 4.78 is 24.2. The monoisotopic (exact) mass is 242 g/mol. The Bertz CT molecular complexity index is 488. The first kappa shape index (κ1) is 11.3. The van der Waals surface area contributed by atoms with Gasteiger partial charge in [-0.15, -0.1) is 0 Å². The molecule has 1 saturated heterocycles. The zero-order valence-corrected chi connectivity index (χ0v) is 9.81. The average Bonchev–Trinajstić information content (AvgIpc) is 2.65. The van der Waals surface area contributed by atoms with Crippen molar-refractivity contribution in [3.05, 3.63) is 18.0 Å². The number of nitrogen functional groups attached to an aromatic ring is 1. The first-order chi connectivity index (χ1) is 7.47. The summed E-state index contributed by atoms with van der Waals surface area (Å²) in [7, 11) is -3.09. The zero-order valence-electron chi connectivity index (χ0n) is 9.00. The van der Waals surface area contributed by atoms with Gasteiger partial charge in [0, 0.05) is 25.2 Å². The van der Waals surface area contributed by atoms with E-state index in [9.17, 15) is 8.42 Å². The number of sulfonamides is 1. The summed E-state index contributed by atoms with van der Waals surface area (Å²) in [6, 6.07) is 1.78. The van der Waals surface area contributed by atoms with Gasteiger partial charge in [-0.05, 0) is 12.5 Å². The maximum Gasteiger partial charge on any atom is 0.220 e. The van der Waals surface area contributed by atoms with E-state index < -0.39 is 10.0 Å². The molecule has 88 valence electrons. The maximum atomic E-state index is 11.3. The highest BCUT2D eigenvalue weighted by atomic mass is 32.2. The zero-order chi connectivity index (χ0) is 11.8. The third kappa shape index (κ3) is 2.30. The van der Waals surface area contributed by atoms with Gasteiger partial charge in [-0.2, -0.15) is 0 Å². The van der Waals surface area contributed by atoms with Crippen molar-refractivity contribution in [1.82, 2.24) is 14.3 Å². The van der Waals surface area contributed by atoms with E-state index in [2.05, 4.69) is 9.97 Å². The van der Waals surface area contributed by atoms with Gasteiger partial charge in [0.1, 0.15) is 0 Å². The minimum Gasteiger partial charge on any atom is -0.368 e. The standard InChI is InChI=1S/C9H14N4O2S/c1-16(14,15)13-5-3-7(6-13)8-2-4-11-9(10)12-8/h2,4,7H,3,5-6H2,1H3,(H2,10,11,12)/t7-/m1/s1. The Balaban J connectivity index is 2.15. The largest absolute Gasteiger partial charge is 0.368 e. The quantitative estimate of drug-likeness (QED) is 0.776. The fraction of sp³-hybridized carbons (Fsp3) is 0.556. The summed E-state index contributed by atoms with van der Waals surface area (Å²) in [6.45, 7) is 1.03. The normalized spacial score (nSPS) is 22.4. The Morgan fingerprint density at radius 2 is 2.31 bits per heavy atom. The van der Waals surface area contributed by atoms with Crippen LogP contribution in [-0.2, 0) is 10.0 Å². The minimum absolute atomic E-state index is 0.125. The Hall–Kier alpha value is -1.21. The van der Waals surface area contributed by atoms with Crippen molar-refractivity contribution in [3.8, 4) is 0 Å². The van der Waals surface area contributed by atoms with Crippen molar-refractivity contribution in [3.63, 3.8) is 0 Å². The molecule has 1 atom stereocenters. The number of rotatable bonds is 2. The predicted octanol–water partition coefficient (Wildman–Crippen LogP) is -0.192. The Morgan fingerprint density at radius 1 is 1.56 bits per heavy atom. The van der Waals surface area contributed by atoms with Gasteiger partial charge in [-0.25, -0.2) is 22.7 Å². The average molecular weight is 242 g/mol. The second-order valence-electron chi connectivity index (χ2n) is 3.95. The van der Waals surface area contributed by atoms with E-state index >= 15 is 0 Å². The van der Waals surface area contributed by atoms with Crippen molar-refractivity contribution >= 4 is 16.0 Å². The third-order valence-electron chi connectivity index (χ3n) is 2.73. The second kappa shape index (κ2) is 3.99. The van der Waals surface area contributed by atoms with Gasteiger partial charge in [-0.3, -0.25) is 0 Å². The first-order valence-electron chi connectivity index (χ1n) is 5.00. The summed E-state index contributed by atoms with van der Waals surface area (Å²) in [5.74, 6) is 0.357. The summed E-state index contributed by atoms with van der Waals surface area (Å²) in [6.07, 6.45) is 3.61. The molecule has 2 rings (SSSR count). The number of nitrogens with zero attached hydrogens (tertiary/aromatic N) is 3. The van der Waals surface area contributed by atoms with E-state index in [1.807, 2.05) is 0 Å². The molecule has 1 aliphatic heterocycles. The van der Waals surface area contributed by atoms with Crippen molar-refractivity contribution in [2.24, 2.45) is 0 Å². The molecule has 0 spiro atoms. The Morgan fingerprint density at radius 3 is 2.88 bits per heavy atom. The predicted molar refractivity (Wildman–Crippen MR) is 60.2 cm³/mol. The minimum atomic E-state index is -3.09. The van der Waals surface area contributed by atoms with E-state index in [4.69, 9.17) is 5.73 Å². The second-order valence-corrected chi connectivity index (χ2v) is 5.93. The smallest absolute Gasteiger partial charge is 0.220 e. The number of hydrogen-bond donors (Lipinski definition) is 1. The highest BCUT2D eigenvalue weighted by Gasteiger charge is 2.30. The highest BCUT2D eigenvalue weighted by molar-refractivity contribution is 7.88. The molecule has 0 bridgehead atoms. The van der Waals surface area contributed by atoms with E-state index in [1.54, 1.807) is 12.3 Å². The molecule has 2 N–H and O–H groups in total. The van der Waals surface area contributed by atoms with E-state index in [-0.39, 0.29) is 11.9 Å². The summed E-state index contributed by atoms with van der Waals surface area (Å²) in [4.78, 5) is 7.93. The van der Waals surface area contributed by atoms with Crippen LogP contribution in [0.25, 0.3) is 0 Å². The van der Waals surface area contributed by atoms with Crippen molar-refractivity contribution < 1.29 is 8.42 Å². The fourth-order valence-electron chi connectivity index (χ4n) is 1.89. The van der Waals surface area contributed by atoms with Crippen LogP contribution in [0.3, 0.4) is 0 Å². The molecule has 1 fully saturated rings. The number of anilines is 1. The van der Waals surface area contributed by atoms with Gasteiger partial charge in [0.15, 0.2) is 0 Å². The van der Waals surface area contributed by atoms with Crippen LogP contribution in [0.15, 0.2) is 12.3 Å². The first-order valence-corrected chi connectivity index (χ1v) is 6.85. The molecule has 16 heavy (non-hydrogen) atoms. The molecule has 7 heteroatoms. The molecule has 2 heterocycles. The van der Waals surface area contributed by atoms with Crippen molar-refractivity contribution in [2.75, 3.05) is 25.1 Å². The fourth-order valence-corrected chi connectivity index (χ4v) is 2.77. The number of hydrogen-bond acceptors (Lipinski definition) is 5. The molecule has 6 nitrogen and oxygen atoms in total. The molecule has 0 unspecified atom stereocenters. The van der Waals surface area contributed by atoms with Crippen LogP contribution in [0.1, 0.15) is 18.0 Å². The van der Waals surface area contributed by atoms with Crippen LogP contribution in [0.4, 0.5) is 5.95 Å². The van der Waals surface area contributed by atoms with Gasteiger partial charge in [-0.1, -0.05) is 0 Å². The van der Waals surface area contributed by atoms with Gasteiger partial charge in [0.2, 0.25) is 16.0 Å². The number of aromatic nitrogens is 2. The van der Waals surface area contributed by atoms with Crippen LogP contribution in [0, 0.1) is 0 Å². The Labute approximate surface area is 94.6 Å². The molecule has 1 aliphatic rings. The van der Waals surface area contributed by atoms with Gasteiger partial charge < -0.3 is 5.73 Å². The van der Waals surface area contributed by atoms with Crippen LogP contribution in [0.5, 0.6) is 0 Å². The van der Waals surface area contributed by atoms with E-state index in [0.29, 0.717) is 13.1 Å². The number of nitrogens with two attached hydrogens (primary N) is 1. The molecule has 1 aromatic rings. The van der Waals surface area contributed by atoms with Gasteiger partial charge in [0.05, 0.1) is 11.9 Å². The van der Waals surface area contributed by atoms with Gasteiger partial charge >= 0.3 is 0 Å². The third-order valence-corrected chi connectivity index (χ3v) is 4.00. The maximum absolute atomic E-state index is 11.3. The summed E-state index contributed by atoms with van der Waals surface area (Å²) >= 11 is 0. The van der Waals surface area contributed by atoms with Crippen LogP contribution in [0.2, 0.25) is 0 Å². The van der Waals surface area contributed by atoms with E-state index in [0.717, 1.165) is 12.1 Å². The van der Waals surface area contributed by atoms with Crippen LogP contribution >= 0.6 is 0 Å². The van der Waals surface area contributed by atoms with Crippen LogP contribution < -0.4 is 5.73 Å². The highest BCUT2D eigenvalue weighted by Crippen LogP contribution is 2.27. The van der Waals surface area contributed by atoms with E-state index in [1.165, 1.54) is 10.6 Å². The van der Waals surface area contributed by atoms with Gasteiger partial charge in [0.25, 0.3) is 0 Å². The lowest BCUT2D eigenvalue weighted by Gasteiger charge is -2.12. The molecule has 0 saturated carbocycles. The molecule has 1 aromatic heterocycles. The van der Waals surface area contributed by atoms with Crippen LogP contribution in [-0.4, -0.2) is 42.0 Å². The molecular weight excluding hydrogens is 228 g/mol. The lowest BCUT2D eigenvalue weighted by molar-refractivity contribution is 0.477. The lowest BCUT2D eigenvalue weighted by Crippen LogP contribution is -2.27. The summed E-state index contributed by atoms with van der Waals surface area (Å²) in [5.41, 5.74) is 6.31. The molecule has 0 amide bonds. The summed E-state index contributed by atoms with van der Waals surface area (Å²) in [5, 5.41) is 0.